The fourth-order valence-electron chi connectivity index (χ4n) is 2.63. The van der Waals surface area contributed by atoms with Crippen molar-refractivity contribution < 1.29 is 138 Å². The number of carbonyl (C=O) groups excluding carboxylic acids is 1. The van der Waals surface area contributed by atoms with Crippen LogP contribution in [-0.4, -0.2) is 30.7 Å². The minimum Gasteiger partial charge on any atom is -0.507 e. The van der Waals surface area contributed by atoms with Gasteiger partial charge in [0.25, 0.3) is 0 Å². The summed E-state index contributed by atoms with van der Waals surface area (Å²) in [4.78, 5) is 12.6. The quantitative estimate of drug-likeness (QED) is 0.0209. The van der Waals surface area contributed by atoms with Crippen LogP contribution in [0.1, 0.15) is 36.2 Å². The van der Waals surface area contributed by atoms with Gasteiger partial charge in [0.05, 0.1) is 11.3 Å². The van der Waals surface area contributed by atoms with Crippen molar-refractivity contribution in [1.29, 1.82) is 0 Å². The molecule has 5 N–H and O–H groups in total. The van der Waals surface area contributed by atoms with Crippen molar-refractivity contribution in [3.05, 3.63) is 47.5 Å². The number of anilines is 1. The molecule has 0 fully saturated rings. The van der Waals surface area contributed by atoms with Gasteiger partial charge in [0.1, 0.15) is 17.2 Å². The zero-order valence-corrected chi connectivity index (χ0v) is 24.6. The van der Waals surface area contributed by atoms with Crippen LogP contribution in [0.3, 0.4) is 0 Å². The molecule has 0 saturated heterocycles. The lowest BCUT2D eigenvalue weighted by Gasteiger charge is -2.36. The third kappa shape index (κ3) is 14.3. The van der Waals surface area contributed by atoms with E-state index in [1.165, 1.54) is 24.3 Å². The number of ketones is 1. The molecule has 2 aromatic carbocycles. The van der Waals surface area contributed by atoms with E-state index in [1.54, 1.807) is 20.8 Å². The van der Waals surface area contributed by atoms with Crippen molar-refractivity contribution >= 4 is 21.6 Å². The minimum absolute atomic E-state index is 0.332. The van der Waals surface area contributed by atoms with E-state index in [9.17, 15) is 19.2 Å². The predicted octanol–water partition coefficient (Wildman–Crippen LogP) is 2.29. The summed E-state index contributed by atoms with van der Waals surface area (Å²) >= 11 is 0. The molecule has 0 aromatic heterocycles. The largest absolute Gasteiger partial charge is 0.507 e. The Bertz CT molecular complexity index is 1280. The lowest BCUT2D eigenvalue weighted by Crippen LogP contribution is -2.51. The Kier molecular flexibility index (Phi) is 18.2. The van der Waals surface area contributed by atoms with E-state index in [1.807, 2.05) is 4.72 Å². The molecule has 0 aliphatic heterocycles. The van der Waals surface area contributed by atoms with Crippen LogP contribution in [0.5, 0.6) is 17.2 Å². The summed E-state index contributed by atoms with van der Waals surface area (Å²) in [6.45, 7) is 4.95. The van der Waals surface area contributed by atoms with Crippen molar-refractivity contribution in [2.45, 2.75) is 27.2 Å². The fourth-order valence-corrected chi connectivity index (χ4v) is 4.02. The van der Waals surface area contributed by atoms with E-state index in [4.69, 9.17) is 14.7 Å². The maximum absolute atomic E-state index is 14.4. The summed E-state index contributed by atoms with van der Waals surface area (Å²) in [5.74, 6) is -3.13. The zero-order valence-electron chi connectivity index (χ0n) is 23.7. The second-order valence-electron chi connectivity index (χ2n) is 7.74. The number of nitrogens with one attached hydrogen (secondary N) is 1. The molecule has 30 heteroatoms. The van der Waals surface area contributed by atoms with Crippen LogP contribution < -0.4 is 8.91 Å². The molecule has 0 aliphatic carbocycles. The summed E-state index contributed by atoms with van der Waals surface area (Å²) in [5.41, 5.74) is -0.419. The number of Topliss-reactive ketones (excluding diaryl/α,β-unsaturated/α-hetero) is 1. The number of aryl methyl sites for hydroxylation is 1. The number of hydrogen-bond donors (Lipinski definition) is 5. The molecule has 2 rings (SSSR count). The fraction of sp³-hybridized carbons (Fsp3) is 0.278. The van der Waals surface area contributed by atoms with Crippen molar-refractivity contribution in [3.63, 3.8) is 0 Å². The van der Waals surface area contributed by atoms with Gasteiger partial charge in [-0.3, -0.25) is 4.79 Å². The van der Waals surface area contributed by atoms with Crippen LogP contribution in [0, 0.1) is 12.8 Å². The van der Waals surface area contributed by atoms with Crippen LogP contribution >= 0.6 is 0 Å². The summed E-state index contributed by atoms with van der Waals surface area (Å²) in [6, 6.07) is 6.77. The molecule has 1 unspecified atom stereocenters. The number of hydrogen-bond acceptors (Lipinski definition) is 28. The molecule has 1 atom stereocenters. The Balaban J connectivity index is 2.31. The van der Waals surface area contributed by atoms with E-state index >= 15 is 0 Å². The van der Waals surface area contributed by atoms with Gasteiger partial charge in [-0.2, -0.15) is 4.21 Å². The van der Waals surface area contributed by atoms with Gasteiger partial charge in [-0.25, -0.2) is 15.2 Å². The van der Waals surface area contributed by atoms with Gasteiger partial charge in [-0.15, -0.1) is 0 Å². The van der Waals surface area contributed by atoms with Crippen molar-refractivity contribution in [2.75, 3.05) is 4.72 Å². The molecular formula is C18H23NO28S. The molecule has 0 bridgehead atoms. The number of phenols is 2. The maximum atomic E-state index is 14.4. The first-order valence-corrected chi connectivity index (χ1v) is 13.5. The highest BCUT2D eigenvalue weighted by Crippen LogP contribution is 2.41. The Morgan fingerprint density at radius 3 is 1.58 bits per heavy atom. The standard InChI is InChI=1S/C18H23NO28S/c1-4-12(3)18(22)14-9-17(21)15(10-16(14)20)19-48(25,26-13-7-5-11(2)6-8-13,46-44-42-40-38-36-34-32-30-28-24)47-45-43-41-39-37-35-33-31-29-27-23/h5-10,12,20-21,23-24H,4H2,1-3H3,(H,19,25). The molecule has 274 valence electrons. The molecule has 2 aromatic rings. The molecule has 48 heavy (non-hydrogen) atoms. The average molecular weight is 733 g/mol. The third-order valence-electron chi connectivity index (χ3n) is 4.74. The van der Waals surface area contributed by atoms with E-state index in [-0.39, 0.29) is 11.3 Å². The molecule has 0 spiro atoms. The molecule has 0 heterocycles. The topological polar surface area (TPSA) is 330 Å². The highest BCUT2D eigenvalue weighted by atomic mass is 32.3. The molecule has 0 amide bonds. The summed E-state index contributed by atoms with van der Waals surface area (Å²) in [6.07, 6.45) is 0.382. The van der Waals surface area contributed by atoms with E-state index in [0.717, 1.165) is 6.07 Å². The number of benzene rings is 2. The van der Waals surface area contributed by atoms with Gasteiger partial charge in [0.2, 0.25) is 0 Å². The molecule has 0 saturated carbocycles. The summed E-state index contributed by atoms with van der Waals surface area (Å²) in [5, 5.41) is 105. The first kappa shape index (κ1) is 40.7. The summed E-state index contributed by atoms with van der Waals surface area (Å²) in [7, 11) is -6.43. The van der Waals surface area contributed by atoms with Gasteiger partial charge in [0, 0.05) is 12.0 Å². The number of aromatic hydroxyl groups is 2. The highest BCUT2D eigenvalue weighted by Gasteiger charge is 2.48. The van der Waals surface area contributed by atoms with E-state index in [2.05, 4.69) is 104 Å². The van der Waals surface area contributed by atoms with Gasteiger partial charge < -0.3 is 14.4 Å². The van der Waals surface area contributed by atoms with Crippen molar-refractivity contribution in [3.8, 4) is 17.2 Å². The van der Waals surface area contributed by atoms with Crippen LogP contribution in [0.15, 0.2) is 36.4 Å². The zero-order chi connectivity index (χ0) is 35.3. The van der Waals surface area contributed by atoms with Crippen molar-refractivity contribution in [2.24, 2.45) is 5.92 Å². The van der Waals surface area contributed by atoms with Gasteiger partial charge >= 0.3 is 10.1 Å². The van der Waals surface area contributed by atoms with Gasteiger partial charge in [-0.1, -0.05) is 31.5 Å². The monoisotopic (exact) mass is 733 g/mol. The van der Waals surface area contributed by atoms with Crippen molar-refractivity contribution in [1.82, 2.24) is 0 Å². The first-order valence-electron chi connectivity index (χ1n) is 11.7. The van der Waals surface area contributed by atoms with E-state index < -0.39 is 39.0 Å². The van der Waals surface area contributed by atoms with Crippen LogP contribution in [0.25, 0.3) is 0 Å². The normalized spacial score (nSPS) is 13.1. The minimum atomic E-state index is -6.43. The average Bonchev–Trinajstić information content (AvgIpc) is 3.07. The summed E-state index contributed by atoms with van der Waals surface area (Å²) < 4.78 is 30.7. The number of carbonyl (C=O) groups is 1. The molecule has 29 nitrogen and oxygen atoms in total. The van der Waals surface area contributed by atoms with E-state index in [0.29, 0.717) is 18.1 Å². The Morgan fingerprint density at radius 1 is 0.708 bits per heavy atom. The number of phenolic OH excluding ortho intramolecular Hbond substituents is 2. The highest BCUT2D eigenvalue weighted by molar-refractivity contribution is 8.08. The Labute approximate surface area is 263 Å². The number of rotatable bonds is 28. The van der Waals surface area contributed by atoms with Gasteiger partial charge in [-0.05, 0) is 136 Å². The van der Waals surface area contributed by atoms with Crippen LogP contribution in [0.2, 0.25) is 0 Å². The third-order valence-corrected chi connectivity index (χ3v) is 6.36. The Hall–Kier alpha value is -3.46. The Morgan fingerprint density at radius 2 is 1.15 bits per heavy atom. The van der Waals surface area contributed by atoms with Crippen LogP contribution in [0.4, 0.5) is 5.69 Å². The lowest BCUT2D eigenvalue weighted by molar-refractivity contribution is -0.861. The SMILES string of the molecule is CCC(C)C(=O)c1cc(O)c(NS(=O)(OOOOOOOOOOO)(OOOOOOOOOOOO)Oc2ccc(C)cc2)cc1O. The molecule has 0 radical (unpaired) electrons. The first-order chi connectivity index (χ1) is 23.0. The lowest BCUT2D eigenvalue weighted by atomic mass is 9.96. The second-order valence-corrected chi connectivity index (χ2v) is 9.87. The van der Waals surface area contributed by atoms with Crippen LogP contribution in [-0.2, 0) is 114 Å². The predicted molar refractivity (Wildman–Crippen MR) is 125 cm³/mol. The maximum Gasteiger partial charge on any atom is 0.373 e. The second kappa shape index (κ2) is 21.5. The molecular weight excluding hydrogens is 710 g/mol. The molecule has 0 aliphatic rings. The smallest absolute Gasteiger partial charge is 0.373 e. The van der Waals surface area contributed by atoms with Gasteiger partial charge in [0.15, 0.2) is 5.78 Å².